The fourth-order valence-corrected chi connectivity index (χ4v) is 4.08. The van der Waals surface area contributed by atoms with E-state index < -0.39 is 0 Å². The van der Waals surface area contributed by atoms with Crippen LogP contribution in [0.4, 0.5) is 0 Å². The molecule has 0 spiro atoms. The van der Waals surface area contributed by atoms with Gasteiger partial charge in [-0.15, -0.1) is 0 Å². The minimum atomic E-state index is 0.216. The Morgan fingerprint density at radius 3 is 2.33 bits per heavy atom. The van der Waals surface area contributed by atoms with Gasteiger partial charge in [0.1, 0.15) is 0 Å². The molecule has 3 saturated heterocycles. The highest BCUT2D eigenvalue weighted by Gasteiger charge is 2.36. The lowest BCUT2D eigenvalue weighted by Crippen LogP contribution is -2.45. The van der Waals surface area contributed by atoms with Gasteiger partial charge in [0.25, 0.3) is 0 Å². The molecule has 4 heterocycles. The Hall–Kier alpha value is -2.68. The highest BCUT2D eigenvalue weighted by atomic mass is 16.1. The van der Waals surface area contributed by atoms with Crippen LogP contribution in [0.15, 0.2) is 54.2 Å². The molecular formula is C21H18N2O. The van der Waals surface area contributed by atoms with Crippen LogP contribution in [0.2, 0.25) is 0 Å². The van der Waals surface area contributed by atoms with E-state index in [0.717, 1.165) is 53.6 Å². The molecule has 0 saturated carbocycles. The van der Waals surface area contributed by atoms with E-state index in [-0.39, 0.29) is 5.92 Å². The van der Waals surface area contributed by atoms with Crippen molar-refractivity contribution in [1.82, 2.24) is 9.88 Å². The lowest BCUT2D eigenvalue weighted by molar-refractivity contribution is -0.125. The van der Waals surface area contributed by atoms with E-state index in [4.69, 9.17) is 4.98 Å². The van der Waals surface area contributed by atoms with Crippen LogP contribution >= 0.6 is 0 Å². The van der Waals surface area contributed by atoms with Gasteiger partial charge in [-0.1, -0.05) is 42.5 Å². The maximum Gasteiger partial charge on any atom is 0.182 e. The van der Waals surface area contributed by atoms with Gasteiger partial charge in [-0.2, -0.15) is 0 Å². The number of fused-ring (bicyclic) bond motifs is 6. The summed E-state index contributed by atoms with van der Waals surface area (Å²) in [5.41, 5.74) is 2.73. The van der Waals surface area contributed by atoms with Crippen molar-refractivity contribution in [2.75, 3.05) is 13.1 Å². The summed E-state index contributed by atoms with van der Waals surface area (Å²) < 4.78 is 0. The second-order valence-electron chi connectivity index (χ2n) is 6.71. The normalized spacial score (nSPS) is 19.8. The Balaban J connectivity index is 1.77. The third kappa shape index (κ3) is 1.97. The number of Topliss-reactive ketones (excluding diaryl/α,β-unsaturated/α-hetero) is 1. The first-order valence-electron chi connectivity index (χ1n) is 8.59. The summed E-state index contributed by atoms with van der Waals surface area (Å²) in [4.78, 5) is 19.7. The predicted molar refractivity (Wildman–Crippen MR) is 96.5 cm³/mol. The fourth-order valence-electron chi connectivity index (χ4n) is 4.08. The molecule has 3 aliphatic heterocycles. The van der Waals surface area contributed by atoms with Crippen molar-refractivity contribution < 1.29 is 4.79 Å². The summed E-state index contributed by atoms with van der Waals surface area (Å²) in [7, 11) is 0. The molecule has 0 radical (unpaired) electrons. The molecule has 118 valence electrons. The molecule has 1 aromatic heterocycles. The second kappa shape index (κ2) is 5.17. The number of pyridine rings is 1. The second-order valence-corrected chi connectivity index (χ2v) is 6.71. The molecule has 0 amide bonds. The van der Waals surface area contributed by atoms with Crippen molar-refractivity contribution in [3.05, 3.63) is 59.9 Å². The standard InChI is InChI=1S/C21H18N2O/c24-21-14-9-11-23(12-10-14)20(21)13-19-17-7-2-1-5-15(17)16-6-3-4-8-18(16)22-19/h1-8,13-14H,9-12H2/b20-13+. The maximum atomic E-state index is 12.7. The number of piperidine rings is 3. The average molecular weight is 314 g/mol. The number of carbonyl (C=O) groups excluding carboxylic acids is 1. The monoisotopic (exact) mass is 314 g/mol. The van der Waals surface area contributed by atoms with E-state index in [1.54, 1.807) is 0 Å². The minimum Gasteiger partial charge on any atom is -0.369 e. The highest BCUT2D eigenvalue weighted by Crippen LogP contribution is 2.34. The number of hydrogen-bond donors (Lipinski definition) is 0. The van der Waals surface area contributed by atoms with Gasteiger partial charge in [0.15, 0.2) is 5.78 Å². The summed E-state index contributed by atoms with van der Waals surface area (Å²) >= 11 is 0. The molecule has 3 aliphatic rings. The van der Waals surface area contributed by atoms with Crippen LogP contribution in [0, 0.1) is 5.92 Å². The van der Waals surface area contributed by atoms with Crippen molar-refractivity contribution >= 4 is 33.5 Å². The summed E-state index contributed by atoms with van der Waals surface area (Å²) in [5.74, 6) is 0.513. The third-order valence-corrected chi connectivity index (χ3v) is 5.37. The molecule has 24 heavy (non-hydrogen) atoms. The van der Waals surface area contributed by atoms with Gasteiger partial charge in [-0.05, 0) is 30.4 Å². The van der Waals surface area contributed by atoms with Gasteiger partial charge in [-0.25, -0.2) is 4.98 Å². The Bertz CT molecular complexity index is 997. The number of aromatic nitrogens is 1. The molecule has 2 aromatic carbocycles. The van der Waals surface area contributed by atoms with Crippen LogP contribution < -0.4 is 0 Å². The molecular weight excluding hydrogens is 296 g/mol. The number of para-hydroxylation sites is 1. The van der Waals surface area contributed by atoms with Crippen LogP contribution in [0.1, 0.15) is 18.5 Å². The Morgan fingerprint density at radius 2 is 1.58 bits per heavy atom. The zero-order chi connectivity index (χ0) is 16.1. The maximum absolute atomic E-state index is 12.7. The molecule has 2 bridgehead atoms. The first kappa shape index (κ1) is 13.7. The third-order valence-electron chi connectivity index (χ3n) is 5.37. The smallest absolute Gasteiger partial charge is 0.182 e. The van der Waals surface area contributed by atoms with Crippen molar-refractivity contribution in [3.8, 4) is 0 Å². The lowest BCUT2D eigenvalue weighted by atomic mass is 9.84. The number of nitrogens with zero attached hydrogens (tertiary/aromatic N) is 2. The molecule has 3 heteroatoms. The summed E-state index contributed by atoms with van der Waals surface area (Å²) in [6, 6.07) is 16.5. The minimum absolute atomic E-state index is 0.216. The number of allylic oxidation sites excluding steroid dienone is 1. The Labute approximate surface area is 140 Å². The lowest BCUT2D eigenvalue weighted by Gasteiger charge is -2.41. The van der Waals surface area contributed by atoms with Gasteiger partial charge >= 0.3 is 0 Å². The predicted octanol–water partition coefficient (Wildman–Crippen LogP) is 4.02. The molecule has 6 rings (SSSR count). The molecule has 0 atom stereocenters. The van der Waals surface area contributed by atoms with Crippen LogP contribution in [0.25, 0.3) is 27.8 Å². The van der Waals surface area contributed by atoms with Gasteiger partial charge < -0.3 is 4.90 Å². The fraction of sp³-hybridized carbons (Fsp3) is 0.238. The van der Waals surface area contributed by atoms with Crippen molar-refractivity contribution in [3.63, 3.8) is 0 Å². The van der Waals surface area contributed by atoms with E-state index in [0.29, 0.717) is 5.78 Å². The van der Waals surface area contributed by atoms with Gasteiger partial charge in [-0.3, -0.25) is 4.79 Å². The number of ketones is 1. The zero-order valence-electron chi connectivity index (χ0n) is 13.4. The molecule has 3 aromatic rings. The van der Waals surface area contributed by atoms with E-state index in [2.05, 4.69) is 29.2 Å². The van der Waals surface area contributed by atoms with E-state index in [1.165, 1.54) is 5.39 Å². The van der Waals surface area contributed by atoms with Gasteiger partial charge in [0.2, 0.25) is 0 Å². The topological polar surface area (TPSA) is 33.2 Å². The van der Waals surface area contributed by atoms with Crippen LogP contribution in [0.5, 0.6) is 0 Å². The zero-order valence-corrected chi connectivity index (χ0v) is 13.4. The highest BCUT2D eigenvalue weighted by molar-refractivity contribution is 6.10. The molecule has 3 fully saturated rings. The summed E-state index contributed by atoms with van der Waals surface area (Å²) in [6.45, 7) is 1.99. The molecule has 3 nitrogen and oxygen atoms in total. The van der Waals surface area contributed by atoms with Crippen molar-refractivity contribution in [2.45, 2.75) is 12.8 Å². The Morgan fingerprint density at radius 1 is 0.917 bits per heavy atom. The van der Waals surface area contributed by atoms with Gasteiger partial charge in [0.05, 0.1) is 16.9 Å². The first-order chi connectivity index (χ1) is 11.8. The van der Waals surface area contributed by atoms with E-state index >= 15 is 0 Å². The van der Waals surface area contributed by atoms with Crippen LogP contribution in [-0.4, -0.2) is 28.8 Å². The van der Waals surface area contributed by atoms with Crippen LogP contribution in [-0.2, 0) is 4.79 Å². The van der Waals surface area contributed by atoms with Gasteiger partial charge in [0, 0.05) is 29.8 Å². The average Bonchev–Trinajstić information content (AvgIpc) is 2.65. The SMILES string of the molecule is O=C1/C(=C\c2nc3ccccc3c3ccccc23)N2CCC1CC2. The molecule has 0 unspecified atom stereocenters. The number of hydrogen-bond acceptors (Lipinski definition) is 3. The van der Waals surface area contributed by atoms with E-state index in [1.807, 2.05) is 30.3 Å². The number of rotatable bonds is 1. The molecule has 0 aliphatic carbocycles. The first-order valence-corrected chi connectivity index (χ1v) is 8.59. The Kier molecular flexibility index (Phi) is 2.96. The quantitative estimate of drug-likeness (QED) is 0.502. The largest absolute Gasteiger partial charge is 0.369 e. The number of carbonyl (C=O) groups is 1. The number of benzene rings is 2. The molecule has 0 N–H and O–H groups in total. The van der Waals surface area contributed by atoms with E-state index in [9.17, 15) is 4.79 Å². The van der Waals surface area contributed by atoms with Crippen molar-refractivity contribution in [1.29, 1.82) is 0 Å². The van der Waals surface area contributed by atoms with Crippen molar-refractivity contribution in [2.24, 2.45) is 5.92 Å². The summed E-state index contributed by atoms with van der Waals surface area (Å²) in [6.07, 6.45) is 4.02. The summed E-state index contributed by atoms with van der Waals surface area (Å²) in [5, 5.41) is 3.46. The van der Waals surface area contributed by atoms with Crippen LogP contribution in [0.3, 0.4) is 0 Å².